The lowest BCUT2D eigenvalue weighted by Gasteiger charge is -2.18. The summed E-state index contributed by atoms with van der Waals surface area (Å²) in [6.07, 6.45) is 0. The van der Waals surface area contributed by atoms with E-state index in [2.05, 4.69) is 15.3 Å². The Morgan fingerprint density at radius 3 is 1.81 bits per heavy atom. The number of aromatic nitrogens is 2. The largest absolute Gasteiger partial charge is 0.424 e. The van der Waals surface area contributed by atoms with E-state index in [0.717, 1.165) is 22.5 Å². The van der Waals surface area contributed by atoms with Crippen LogP contribution in [0.15, 0.2) is 91.0 Å². The first-order valence-corrected chi connectivity index (χ1v) is 10.1. The lowest BCUT2D eigenvalue weighted by Crippen LogP contribution is -2.22. The van der Waals surface area contributed by atoms with Crippen molar-refractivity contribution in [2.75, 3.05) is 5.32 Å². The Balaban J connectivity index is 1.51. The molecule has 4 rings (SSSR count). The number of anilines is 1. The normalized spacial score (nSPS) is 10.7. The highest BCUT2D eigenvalue weighted by Crippen LogP contribution is 2.27. The van der Waals surface area contributed by atoms with Gasteiger partial charge in [-0.15, -0.1) is 0 Å². The molecule has 1 amide bonds. The third-order valence-electron chi connectivity index (χ3n) is 4.82. The molecule has 0 aliphatic heterocycles. The summed E-state index contributed by atoms with van der Waals surface area (Å²) in [7, 11) is 0. The van der Waals surface area contributed by atoms with Gasteiger partial charge in [0.1, 0.15) is 5.75 Å². The first kappa shape index (κ1) is 20.3. The molecular formula is C26H23N3O2. The molecule has 0 fully saturated rings. The molecule has 0 spiro atoms. The van der Waals surface area contributed by atoms with E-state index in [0.29, 0.717) is 17.4 Å². The Morgan fingerprint density at radius 1 is 0.774 bits per heavy atom. The first-order valence-electron chi connectivity index (χ1n) is 10.1. The second-order valence-corrected chi connectivity index (χ2v) is 7.30. The second kappa shape index (κ2) is 9.22. The van der Waals surface area contributed by atoms with E-state index >= 15 is 0 Å². The van der Waals surface area contributed by atoms with E-state index < -0.39 is 5.92 Å². The minimum atomic E-state index is -0.401. The van der Waals surface area contributed by atoms with Crippen molar-refractivity contribution >= 4 is 11.6 Å². The number of carbonyl (C=O) groups excluding carboxylic acids is 1. The Hall–Kier alpha value is -3.99. The van der Waals surface area contributed by atoms with E-state index in [-0.39, 0.29) is 5.91 Å². The molecule has 0 radical (unpaired) electrons. The lowest BCUT2D eigenvalue weighted by molar-refractivity contribution is -0.116. The summed E-state index contributed by atoms with van der Waals surface area (Å²) in [5, 5.41) is 3.02. The van der Waals surface area contributed by atoms with Crippen molar-refractivity contribution in [3.05, 3.63) is 114 Å². The van der Waals surface area contributed by atoms with Gasteiger partial charge in [0.05, 0.1) is 5.92 Å². The average Bonchev–Trinajstić information content (AvgIpc) is 2.76. The fourth-order valence-corrected chi connectivity index (χ4v) is 3.45. The topological polar surface area (TPSA) is 64.1 Å². The molecule has 0 aliphatic rings. The maximum Gasteiger partial charge on any atom is 0.322 e. The number of nitrogens with one attached hydrogen (secondary N) is 1. The fourth-order valence-electron chi connectivity index (χ4n) is 3.45. The fraction of sp³-hybridized carbons (Fsp3) is 0.115. The third-order valence-corrected chi connectivity index (χ3v) is 4.82. The Bertz CT molecular complexity index is 1100. The minimum absolute atomic E-state index is 0.0938. The van der Waals surface area contributed by atoms with Crippen LogP contribution in [0.5, 0.6) is 11.8 Å². The molecule has 0 unspecified atom stereocenters. The van der Waals surface area contributed by atoms with Crippen LogP contribution in [0.25, 0.3) is 0 Å². The molecule has 1 heterocycles. The molecule has 154 valence electrons. The van der Waals surface area contributed by atoms with Crippen LogP contribution in [0, 0.1) is 13.8 Å². The predicted octanol–water partition coefficient (Wildman–Crippen LogP) is 5.66. The van der Waals surface area contributed by atoms with Crippen LogP contribution in [-0.2, 0) is 4.79 Å². The number of carbonyl (C=O) groups is 1. The molecule has 4 aromatic rings. The minimum Gasteiger partial charge on any atom is -0.424 e. The lowest BCUT2D eigenvalue weighted by atomic mass is 9.90. The van der Waals surface area contributed by atoms with Crippen LogP contribution in [0.2, 0.25) is 0 Å². The summed E-state index contributed by atoms with van der Waals surface area (Å²) in [5.41, 5.74) is 4.27. The van der Waals surface area contributed by atoms with Crippen molar-refractivity contribution < 1.29 is 9.53 Å². The van der Waals surface area contributed by atoms with Gasteiger partial charge in [-0.25, -0.2) is 9.97 Å². The molecule has 5 nitrogen and oxygen atoms in total. The number of aryl methyl sites for hydroxylation is 2. The first-order chi connectivity index (χ1) is 15.1. The van der Waals surface area contributed by atoms with Crippen LogP contribution < -0.4 is 10.1 Å². The molecule has 0 saturated carbocycles. The number of benzene rings is 3. The van der Waals surface area contributed by atoms with Gasteiger partial charge in [0.15, 0.2) is 0 Å². The summed E-state index contributed by atoms with van der Waals surface area (Å²) < 4.78 is 5.75. The third kappa shape index (κ3) is 5.14. The van der Waals surface area contributed by atoms with Crippen molar-refractivity contribution in [3.63, 3.8) is 0 Å². The molecule has 1 aromatic heterocycles. The summed E-state index contributed by atoms with van der Waals surface area (Å²) in [6.45, 7) is 3.80. The molecule has 1 N–H and O–H groups in total. The Kier molecular flexibility index (Phi) is 6.03. The number of ether oxygens (including phenoxy) is 1. The molecule has 0 bridgehead atoms. The monoisotopic (exact) mass is 409 g/mol. The van der Waals surface area contributed by atoms with Crippen molar-refractivity contribution in [1.82, 2.24) is 9.97 Å². The van der Waals surface area contributed by atoms with Gasteiger partial charge in [-0.2, -0.15) is 0 Å². The van der Waals surface area contributed by atoms with E-state index in [4.69, 9.17) is 4.74 Å². The van der Waals surface area contributed by atoms with Gasteiger partial charge < -0.3 is 10.1 Å². The number of hydrogen-bond donors (Lipinski definition) is 1. The zero-order chi connectivity index (χ0) is 21.6. The van der Waals surface area contributed by atoms with Gasteiger partial charge in [-0.3, -0.25) is 4.79 Å². The standard InChI is InChI=1S/C26H23N3O2/c1-18-17-19(2)28-26(27-18)31-23-15-13-22(14-16-23)29-25(30)24(20-9-5-3-6-10-20)21-11-7-4-8-12-21/h3-17,24H,1-2H3,(H,29,30). The number of hydrogen-bond acceptors (Lipinski definition) is 4. The van der Waals surface area contributed by atoms with Gasteiger partial charge in [0.2, 0.25) is 5.91 Å². The molecule has 31 heavy (non-hydrogen) atoms. The van der Waals surface area contributed by atoms with Crippen LogP contribution >= 0.6 is 0 Å². The summed E-state index contributed by atoms with van der Waals surface area (Å²) in [5.74, 6) is 0.108. The molecular weight excluding hydrogens is 386 g/mol. The number of rotatable bonds is 6. The van der Waals surface area contributed by atoms with Crippen LogP contribution in [0.4, 0.5) is 5.69 Å². The highest BCUT2D eigenvalue weighted by Gasteiger charge is 2.22. The van der Waals surface area contributed by atoms with E-state index in [1.165, 1.54) is 0 Å². The predicted molar refractivity (Wildman–Crippen MR) is 121 cm³/mol. The highest BCUT2D eigenvalue weighted by atomic mass is 16.5. The van der Waals surface area contributed by atoms with Crippen molar-refractivity contribution in [3.8, 4) is 11.8 Å². The highest BCUT2D eigenvalue weighted by molar-refractivity contribution is 5.98. The van der Waals surface area contributed by atoms with E-state index in [1.54, 1.807) is 12.1 Å². The zero-order valence-corrected chi connectivity index (χ0v) is 17.4. The van der Waals surface area contributed by atoms with Gasteiger partial charge in [-0.05, 0) is 55.3 Å². The molecule has 5 heteroatoms. The number of amides is 1. The van der Waals surface area contributed by atoms with E-state index in [1.807, 2.05) is 92.7 Å². The molecule has 0 saturated heterocycles. The second-order valence-electron chi connectivity index (χ2n) is 7.30. The molecule has 0 atom stereocenters. The zero-order valence-electron chi connectivity index (χ0n) is 17.4. The Morgan fingerprint density at radius 2 is 1.29 bits per heavy atom. The Labute approximate surface area is 181 Å². The SMILES string of the molecule is Cc1cc(C)nc(Oc2ccc(NC(=O)C(c3ccccc3)c3ccccc3)cc2)n1. The maximum absolute atomic E-state index is 13.2. The quantitative estimate of drug-likeness (QED) is 0.446. The maximum atomic E-state index is 13.2. The van der Waals surface area contributed by atoms with Gasteiger partial charge in [0.25, 0.3) is 0 Å². The summed E-state index contributed by atoms with van der Waals surface area (Å²) >= 11 is 0. The molecule has 0 aliphatic carbocycles. The van der Waals surface area contributed by atoms with Crippen molar-refractivity contribution in [2.45, 2.75) is 19.8 Å². The molecule has 3 aromatic carbocycles. The van der Waals surface area contributed by atoms with Crippen molar-refractivity contribution in [2.24, 2.45) is 0 Å². The summed E-state index contributed by atoms with van der Waals surface area (Å²) in [6, 6.07) is 28.9. The van der Waals surface area contributed by atoms with Crippen LogP contribution in [0.1, 0.15) is 28.4 Å². The van der Waals surface area contributed by atoms with Gasteiger partial charge >= 0.3 is 6.01 Å². The van der Waals surface area contributed by atoms with Crippen molar-refractivity contribution in [1.29, 1.82) is 0 Å². The van der Waals surface area contributed by atoms with E-state index in [9.17, 15) is 4.79 Å². The van der Waals surface area contributed by atoms with Gasteiger partial charge in [0, 0.05) is 17.1 Å². The van der Waals surface area contributed by atoms with Crippen LogP contribution in [-0.4, -0.2) is 15.9 Å². The average molecular weight is 409 g/mol. The van der Waals surface area contributed by atoms with Gasteiger partial charge in [-0.1, -0.05) is 60.7 Å². The number of nitrogens with zero attached hydrogens (tertiary/aromatic N) is 2. The smallest absolute Gasteiger partial charge is 0.322 e. The summed E-state index contributed by atoms with van der Waals surface area (Å²) in [4.78, 5) is 21.8. The van der Waals surface area contributed by atoms with Crippen LogP contribution in [0.3, 0.4) is 0 Å².